The van der Waals surface area contributed by atoms with Crippen molar-refractivity contribution in [2.24, 2.45) is 11.3 Å². The second kappa shape index (κ2) is 5.94. The molecule has 1 saturated carbocycles. The summed E-state index contributed by atoms with van der Waals surface area (Å²) in [5.74, 6) is 0.662. The molecular formula is C15H28N2O. The molecule has 1 aliphatic heterocycles. The van der Waals surface area contributed by atoms with Crippen LogP contribution in [0.3, 0.4) is 0 Å². The van der Waals surface area contributed by atoms with Crippen molar-refractivity contribution in [3.05, 3.63) is 0 Å². The third kappa shape index (κ3) is 3.63. The predicted octanol–water partition coefficient (Wildman–Crippen LogP) is 3.40. The van der Waals surface area contributed by atoms with Crippen LogP contribution < -0.4 is 5.32 Å². The number of hydrogen-bond donors (Lipinski definition) is 1. The van der Waals surface area contributed by atoms with Crippen LogP contribution in [0.25, 0.3) is 0 Å². The summed E-state index contributed by atoms with van der Waals surface area (Å²) in [4.78, 5) is 14.1. The molecule has 1 heterocycles. The van der Waals surface area contributed by atoms with Crippen LogP contribution in [0.2, 0.25) is 0 Å². The Kier molecular flexibility index (Phi) is 4.52. The molecule has 18 heavy (non-hydrogen) atoms. The fourth-order valence-electron chi connectivity index (χ4n) is 3.36. The van der Waals surface area contributed by atoms with E-state index in [1.807, 2.05) is 4.90 Å². The number of likely N-dealkylation sites (tertiary alicyclic amines) is 1. The van der Waals surface area contributed by atoms with Gasteiger partial charge in [-0.3, -0.25) is 0 Å². The fourth-order valence-corrected chi connectivity index (χ4v) is 3.36. The average molecular weight is 252 g/mol. The number of nitrogens with zero attached hydrogens (tertiary/aromatic N) is 1. The Hall–Kier alpha value is -0.730. The predicted molar refractivity (Wildman–Crippen MR) is 74.6 cm³/mol. The van der Waals surface area contributed by atoms with E-state index < -0.39 is 0 Å². The topological polar surface area (TPSA) is 32.3 Å². The van der Waals surface area contributed by atoms with Gasteiger partial charge in [-0.25, -0.2) is 4.79 Å². The molecule has 0 aromatic heterocycles. The summed E-state index contributed by atoms with van der Waals surface area (Å²) < 4.78 is 0. The molecule has 3 nitrogen and oxygen atoms in total. The van der Waals surface area contributed by atoms with Crippen molar-refractivity contribution in [1.82, 2.24) is 10.2 Å². The normalized spacial score (nSPS) is 27.9. The molecule has 2 fully saturated rings. The van der Waals surface area contributed by atoms with E-state index >= 15 is 0 Å². The molecule has 0 bridgehead atoms. The van der Waals surface area contributed by atoms with Crippen LogP contribution in [-0.4, -0.2) is 30.6 Å². The van der Waals surface area contributed by atoms with Gasteiger partial charge in [0, 0.05) is 19.6 Å². The first kappa shape index (κ1) is 13.7. The van der Waals surface area contributed by atoms with Gasteiger partial charge in [0.25, 0.3) is 0 Å². The molecule has 1 aliphatic carbocycles. The van der Waals surface area contributed by atoms with E-state index in [1.165, 1.54) is 38.5 Å². The summed E-state index contributed by atoms with van der Waals surface area (Å²) in [5, 5.41) is 3.17. The third-order valence-electron chi connectivity index (χ3n) is 4.67. The molecule has 2 aliphatic rings. The monoisotopic (exact) mass is 252 g/mol. The molecule has 0 aromatic carbocycles. The molecule has 1 atom stereocenters. The third-order valence-corrected chi connectivity index (χ3v) is 4.67. The molecule has 0 aromatic rings. The Balaban J connectivity index is 1.76. The number of hydrogen-bond acceptors (Lipinski definition) is 1. The van der Waals surface area contributed by atoms with Gasteiger partial charge in [0.1, 0.15) is 0 Å². The zero-order valence-electron chi connectivity index (χ0n) is 12.0. The SMILES string of the molecule is CC1CCCN(C(=O)NCC2(C)CCCCC2)C1. The van der Waals surface area contributed by atoms with Gasteiger partial charge in [-0.05, 0) is 37.0 Å². The second-order valence-electron chi connectivity index (χ2n) is 6.72. The minimum atomic E-state index is 0.161. The van der Waals surface area contributed by atoms with Crippen molar-refractivity contribution < 1.29 is 4.79 Å². The molecule has 0 radical (unpaired) electrons. The van der Waals surface area contributed by atoms with Crippen LogP contribution in [-0.2, 0) is 0 Å². The second-order valence-corrected chi connectivity index (χ2v) is 6.72. The van der Waals surface area contributed by atoms with Gasteiger partial charge in [0.2, 0.25) is 0 Å². The zero-order valence-corrected chi connectivity index (χ0v) is 12.0. The maximum absolute atomic E-state index is 12.1. The number of amides is 2. The maximum atomic E-state index is 12.1. The minimum Gasteiger partial charge on any atom is -0.337 e. The first-order chi connectivity index (χ1) is 8.59. The van der Waals surface area contributed by atoms with E-state index in [4.69, 9.17) is 0 Å². The van der Waals surface area contributed by atoms with Crippen molar-refractivity contribution in [3.8, 4) is 0 Å². The number of nitrogens with one attached hydrogen (secondary N) is 1. The molecule has 3 heteroatoms. The van der Waals surface area contributed by atoms with Gasteiger partial charge in [0.05, 0.1) is 0 Å². The van der Waals surface area contributed by atoms with Gasteiger partial charge >= 0.3 is 6.03 Å². The largest absolute Gasteiger partial charge is 0.337 e. The molecule has 2 rings (SSSR count). The Morgan fingerprint density at radius 1 is 1.28 bits per heavy atom. The van der Waals surface area contributed by atoms with Gasteiger partial charge in [-0.2, -0.15) is 0 Å². The molecule has 1 N–H and O–H groups in total. The Labute approximate surface area is 111 Å². The van der Waals surface area contributed by atoms with Crippen LogP contribution in [0.5, 0.6) is 0 Å². The van der Waals surface area contributed by atoms with Gasteiger partial charge < -0.3 is 10.2 Å². The Morgan fingerprint density at radius 2 is 2.00 bits per heavy atom. The summed E-state index contributed by atoms with van der Waals surface area (Å²) in [6, 6.07) is 0.161. The van der Waals surface area contributed by atoms with E-state index in [2.05, 4.69) is 19.2 Å². The molecule has 1 saturated heterocycles. The van der Waals surface area contributed by atoms with Crippen molar-refractivity contribution >= 4 is 6.03 Å². The van der Waals surface area contributed by atoms with Gasteiger partial charge in [-0.15, -0.1) is 0 Å². The minimum absolute atomic E-state index is 0.161. The first-order valence-corrected chi connectivity index (χ1v) is 7.62. The van der Waals surface area contributed by atoms with E-state index in [1.54, 1.807) is 0 Å². The van der Waals surface area contributed by atoms with E-state index in [0.717, 1.165) is 26.1 Å². The molecule has 0 spiro atoms. The first-order valence-electron chi connectivity index (χ1n) is 7.62. The summed E-state index contributed by atoms with van der Waals surface area (Å²) >= 11 is 0. The highest BCUT2D eigenvalue weighted by atomic mass is 16.2. The lowest BCUT2D eigenvalue weighted by atomic mass is 9.76. The molecule has 104 valence electrons. The lowest BCUT2D eigenvalue weighted by Crippen LogP contribution is -2.47. The van der Waals surface area contributed by atoms with Crippen LogP contribution in [0.1, 0.15) is 58.8 Å². The van der Waals surface area contributed by atoms with Crippen LogP contribution in [0.4, 0.5) is 4.79 Å². The van der Waals surface area contributed by atoms with Crippen molar-refractivity contribution in [1.29, 1.82) is 0 Å². The van der Waals surface area contributed by atoms with E-state index in [0.29, 0.717) is 11.3 Å². The lowest BCUT2D eigenvalue weighted by molar-refractivity contribution is 0.156. The highest BCUT2D eigenvalue weighted by molar-refractivity contribution is 5.74. The number of rotatable bonds is 2. The highest BCUT2D eigenvalue weighted by Gasteiger charge is 2.28. The standard InChI is InChI=1S/C15H28N2O/c1-13-7-6-10-17(11-13)14(18)16-12-15(2)8-4-3-5-9-15/h13H,3-12H2,1-2H3,(H,16,18). The van der Waals surface area contributed by atoms with Crippen molar-refractivity contribution in [3.63, 3.8) is 0 Å². The van der Waals surface area contributed by atoms with Crippen LogP contribution in [0.15, 0.2) is 0 Å². The maximum Gasteiger partial charge on any atom is 0.317 e. The van der Waals surface area contributed by atoms with Crippen LogP contribution in [0, 0.1) is 11.3 Å². The highest BCUT2D eigenvalue weighted by Crippen LogP contribution is 2.34. The lowest BCUT2D eigenvalue weighted by Gasteiger charge is -2.36. The number of urea groups is 1. The number of carbonyl (C=O) groups is 1. The van der Waals surface area contributed by atoms with Crippen molar-refractivity contribution in [2.45, 2.75) is 58.8 Å². The van der Waals surface area contributed by atoms with Gasteiger partial charge in [-0.1, -0.05) is 33.1 Å². The summed E-state index contributed by atoms with van der Waals surface area (Å²) in [6.45, 7) is 7.29. The summed E-state index contributed by atoms with van der Waals surface area (Å²) in [5.41, 5.74) is 0.343. The number of piperidine rings is 1. The Bertz CT molecular complexity index is 284. The summed E-state index contributed by atoms with van der Waals surface area (Å²) in [7, 11) is 0. The van der Waals surface area contributed by atoms with E-state index in [9.17, 15) is 4.79 Å². The zero-order chi connectivity index (χ0) is 13.0. The van der Waals surface area contributed by atoms with Gasteiger partial charge in [0.15, 0.2) is 0 Å². The van der Waals surface area contributed by atoms with Crippen LogP contribution >= 0.6 is 0 Å². The quantitative estimate of drug-likeness (QED) is 0.802. The fraction of sp³-hybridized carbons (Fsp3) is 0.933. The molecule has 2 amide bonds. The molecule has 1 unspecified atom stereocenters. The van der Waals surface area contributed by atoms with E-state index in [-0.39, 0.29) is 6.03 Å². The molecular weight excluding hydrogens is 224 g/mol. The van der Waals surface area contributed by atoms with Crippen molar-refractivity contribution in [2.75, 3.05) is 19.6 Å². The number of carbonyl (C=O) groups excluding carboxylic acids is 1. The smallest absolute Gasteiger partial charge is 0.317 e. The Morgan fingerprint density at radius 3 is 2.67 bits per heavy atom. The average Bonchev–Trinajstić information content (AvgIpc) is 2.37. The summed E-state index contributed by atoms with van der Waals surface area (Å²) in [6.07, 6.45) is 8.98.